The van der Waals surface area contributed by atoms with Crippen molar-refractivity contribution < 1.29 is 0 Å². The largest absolute Gasteiger partial charge is 0.198 e. The van der Waals surface area contributed by atoms with Crippen molar-refractivity contribution in [2.75, 3.05) is 0 Å². The van der Waals surface area contributed by atoms with Crippen LogP contribution in [0, 0.1) is 16.7 Å². The van der Waals surface area contributed by atoms with E-state index >= 15 is 0 Å². The minimum atomic E-state index is -0.227. The van der Waals surface area contributed by atoms with Gasteiger partial charge in [0.2, 0.25) is 0 Å². The Bertz CT molecular complexity index is 102. The fourth-order valence-electron chi connectivity index (χ4n) is 0.417. The standard InChI is InChI=1S/C6H10BN/c1-6(2,5-8)3-4-7/h3-4H2,1-2H3. The van der Waals surface area contributed by atoms with Crippen molar-refractivity contribution >= 4 is 7.85 Å². The molecule has 0 unspecified atom stereocenters. The molecule has 0 fully saturated rings. The molecule has 0 heterocycles. The first kappa shape index (κ1) is 7.55. The molecule has 0 bridgehead atoms. The first-order valence-electron chi connectivity index (χ1n) is 2.74. The van der Waals surface area contributed by atoms with Gasteiger partial charge in [-0.1, -0.05) is 6.32 Å². The average molecular weight is 107 g/mol. The molecule has 2 heteroatoms. The molecule has 0 amide bonds. The summed E-state index contributed by atoms with van der Waals surface area (Å²) in [4.78, 5) is 0. The predicted molar refractivity (Wildman–Crippen MR) is 34.6 cm³/mol. The Morgan fingerprint density at radius 3 is 2.25 bits per heavy atom. The molecule has 2 radical (unpaired) electrons. The number of nitriles is 1. The van der Waals surface area contributed by atoms with Gasteiger partial charge in [-0.05, 0) is 20.3 Å². The third kappa shape index (κ3) is 2.68. The van der Waals surface area contributed by atoms with E-state index in [-0.39, 0.29) is 5.41 Å². The molecule has 0 aliphatic rings. The predicted octanol–water partition coefficient (Wildman–Crippen LogP) is 1.51. The number of hydrogen-bond acceptors (Lipinski definition) is 1. The molecule has 1 nitrogen and oxygen atoms in total. The molecule has 0 atom stereocenters. The van der Waals surface area contributed by atoms with E-state index in [0.29, 0.717) is 6.32 Å². The van der Waals surface area contributed by atoms with Gasteiger partial charge in [-0.3, -0.25) is 0 Å². The maximum atomic E-state index is 8.42. The van der Waals surface area contributed by atoms with E-state index in [1.165, 1.54) is 0 Å². The van der Waals surface area contributed by atoms with E-state index in [0.717, 1.165) is 6.42 Å². The summed E-state index contributed by atoms with van der Waals surface area (Å²) in [5.41, 5.74) is -0.227. The highest BCUT2D eigenvalue weighted by atomic mass is 14.3. The van der Waals surface area contributed by atoms with Crippen molar-refractivity contribution in [3.63, 3.8) is 0 Å². The van der Waals surface area contributed by atoms with Gasteiger partial charge < -0.3 is 0 Å². The zero-order valence-corrected chi connectivity index (χ0v) is 5.44. The Balaban J connectivity index is 3.59. The molecule has 0 aromatic rings. The van der Waals surface area contributed by atoms with Crippen LogP contribution in [0.25, 0.3) is 0 Å². The summed E-state index contributed by atoms with van der Waals surface area (Å²) in [5, 5.41) is 8.42. The second-order valence-corrected chi connectivity index (χ2v) is 2.53. The van der Waals surface area contributed by atoms with E-state index in [9.17, 15) is 0 Å². The van der Waals surface area contributed by atoms with E-state index in [1.807, 2.05) is 13.8 Å². The Hall–Kier alpha value is -0.445. The van der Waals surface area contributed by atoms with Crippen LogP contribution in [0.3, 0.4) is 0 Å². The average Bonchev–Trinajstić information content (AvgIpc) is 1.67. The van der Waals surface area contributed by atoms with Crippen molar-refractivity contribution in [1.82, 2.24) is 0 Å². The van der Waals surface area contributed by atoms with Crippen LogP contribution in [-0.2, 0) is 0 Å². The zero-order valence-electron chi connectivity index (χ0n) is 5.44. The minimum Gasteiger partial charge on any atom is -0.198 e. The Kier molecular flexibility index (Phi) is 2.61. The summed E-state index contributed by atoms with van der Waals surface area (Å²) in [7, 11) is 5.24. The highest BCUT2D eigenvalue weighted by Gasteiger charge is 2.13. The monoisotopic (exact) mass is 107 g/mol. The van der Waals surface area contributed by atoms with Crippen molar-refractivity contribution in [1.29, 1.82) is 5.26 Å². The lowest BCUT2D eigenvalue weighted by Gasteiger charge is -2.11. The number of nitrogens with zero attached hydrogens (tertiary/aromatic N) is 1. The van der Waals surface area contributed by atoms with Gasteiger partial charge in [0, 0.05) is 0 Å². The molecule has 0 aromatic heterocycles. The molecule has 42 valence electrons. The first-order valence-corrected chi connectivity index (χ1v) is 2.74. The lowest BCUT2D eigenvalue weighted by Crippen LogP contribution is -2.06. The lowest BCUT2D eigenvalue weighted by atomic mass is 9.84. The SMILES string of the molecule is [B]CCC(C)(C)C#N. The molecule has 0 N–H and O–H groups in total. The van der Waals surface area contributed by atoms with Gasteiger partial charge in [0.15, 0.2) is 0 Å². The summed E-state index contributed by atoms with van der Waals surface area (Å²) in [6.45, 7) is 3.78. The fraction of sp³-hybridized carbons (Fsp3) is 0.833. The zero-order chi connectivity index (χ0) is 6.62. The maximum absolute atomic E-state index is 8.42. The Labute approximate surface area is 52.1 Å². The molecular weight excluding hydrogens is 96.9 g/mol. The van der Waals surface area contributed by atoms with Gasteiger partial charge in [0.25, 0.3) is 0 Å². The van der Waals surface area contributed by atoms with Crippen molar-refractivity contribution in [2.24, 2.45) is 5.41 Å². The molecular formula is C6H10BN. The molecule has 0 aromatic carbocycles. The van der Waals surface area contributed by atoms with Gasteiger partial charge in [-0.15, -0.1) is 0 Å². The molecule has 0 rings (SSSR count). The molecule has 0 spiro atoms. The minimum absolute atomic E-state index is 0.227. The first-order chi connectivity index (χ1) is 3.62. The molecule has 8 heavy (non-hydrogen) atoms. The molecule has 0 saturated carbocycles. The van der Waals surface area contributed by atoms with Crippen LogP contribution in [0.5, 0.6) is 0 Å². The highest BCUT2D eigenvalue weighted by Crippen LogP contribution is 2.19. The van der Waals surface area contributed by atoms with Crippen LogP contribution < -0.4 is 0 Å². The molecule has 0 aliphatic carbocycles. The molecule has 0 aliphatic heterocycles. The highest BCUT2D eigenvalue weighted by molar-refractivity contribution is 6.08. The summed E-state index contributed by atoms with van der Waals surface area (Å²) < 4.78 is 0. The van der Waals surface area contributed by atoms with Gasteiger partial charge in [0.1, 0.15) is 0 Å². The normalized spacial score (nSPS) is 10.6. The van der Waals surface area contributed by atoms with Crippen molar-refractivity contribution in [3.05, 3.63) is 0 Å². The van der Waals surface area contributed by atoms with Crippen LogP contribution in [-0.4, -0.2) is 7.85 Å². The van der Waals surface area contributed by atoms with Gasteiger partial charge in [-0.25, -0.2) is 0 Å². The number of rotatable bonds is 2. The van der Waals surface area contributed by atoms with E-state index in [4.69, 9.17) is 13.1 Å². The smallest absolute Gasteiger partial charge is 0.0683 e. The summed E-state index contributed by atoms with van der Waals surface area (Å²) in [6.07, 6.45) is 1.38. The second-order valence-electron chi connectivity index (χ2n) is 2.53. The van der Waals surface area contributed by atoms with Gasteiger partial charge >= 0.3 is 0 Å². The molecule has 0 saturated heterocycles. The topological polar surface area (TPSA) is 23.8 Å². The quantitative estimate of drug-likeness (QED) is 0.490. The van der Waals surface area contributed by atoms with Crippen LogP contribution in [0.1, 0.15) is 20.3 Å². The van der Waals surface area contributed by atoms with Crippen LogP contribution >= 0.6 is 0 Å². The lowest BCUT2D eigenvalue weighted by molar-refractivity contribution is 0.477. The summed E-state index contributed by atoms with van der Waals surface area (Å²) in [5.74, 6) is 0. The van der Waals surface area contributed by atoms with Crippen molar-refractivity contribution in [2.45, 2.75) is 26.6 Å². The van der Waals surface area contributed by atoms with Crippen LogP contribution in [0.4, 0.5) is 0 Å². The van der Waals surface area contributed by atoms with Crippen LogP contribution in [0.2, 0.25) is 6.32 Å². The third-order valence-electron chi connectivity index (χ3n) is 1.07. The summed E-state index contributed by atoms with van der Waals surface area (Å²) >= 11 is 0. The fourth-order valence-corrected chi connectivity index (χ4v) is 0.417. The van der Waals surface area contributed by atoms with Crippen molar-refractivity contribution in [3.8, 4) is 6.07 Å². The van der Waals surface area contributed by atoms with Gasteiger partial charge in [0.05, 0.1) is 19.3 Å². The van der Waals surface area contributed by atoms with E-state index < -0.39 is 0 Å². The van der Waals surface area contributed by atoms with E-state index in [1.54, 1.807) is 0 Å². The van der Waals surface area contributed by atoms with Crippen LogP contribution in [0.15, 0.2) is 0 Å². The third-order valence-corrected chi connectivity index (χ3v) is 1.07. The Morgan fingerprint density at radius 2 is 2.12 bits per heavy atom. The maximum Gasteiger partial charge on any atom is 0.0683 e. The number of hydrogen-bond donors (Lipinski definition) is 0. The summed E-state index contributed by atoms with van der Waals surface area (Å²) in [6, 6.07) is 2.16. The van der Waals surface area contributed by atoms with Gasteiger partial charge in [-0.2, -0.15) is 5.26 Å². The van der Waals surface area contributed by atoms with E-state index in [2.05, 4.69) is 6.07 Å². The second kappa shape index (κ2) is 2.76. The Morgan fingerprint density at radius 1 is 1.62 bits per heavy atom.